The van der Waals surface area contributed by atoms with Gasteiger partial charge in [0.05, 0.1) is 24.6 Å². The summed E-state index contributed by atoms with van der Waals surface area (Å²) in [5.74, 6) is -0.198. The molecule has 0 spiro atoms. The summed E-state index contributed by atoms with van der Waals surface area (Å²) in [6, 6.07) is 2.89. The van der Waals surface area contributed by atoms with Gasteiger partial charge in [0.25, 0.3) is 0 Å². The predicted octanol–water partition coefficient (Wildman–Crippen LogP) is 3.43. The zero-order valence-electron chi connectivity index (χ0n) is 12.4. The number of halogens is 1. The van der Waals surface area contributed by atoms with Gasteiger partial charge in [-0.25, -0.2) is 4.39 Å². The van der Waals surface area contributed by atoms with Crippen molar-refractivity contribution in [2.24, 2.45) is 0 Å². The van der Waals surface area contributed by atoms with E-state index in [1.54, 1.807) is 6.07 Å². The van der Waals surface area contributed by atoms with Gasteiger partial charge >= 0.3 is 0 Å². The second kappa shape index (κ2) is 9.42. The minimum Gasteiger partial charge on any atom is -0.490 e. The Bertz CT molecular complexity index is 400. The van der Waals surface area contributed by atoms with Gasteiger partial charge in [-0.3, -0.25) is 0 Å². The molecule has 0 atom stereocenters. The van der Waals surface area contributed by atoms with E-state index in [2.05, 4.69) is 12.2 Å². The lowest BCUT2D eigenvalue weighted by Gasteiger charge is -2.13. The van der Waals surface area contributed by atoms with Crippen LogP contribution in [0.4, 0.5) is 15.8 Å². The molecule has 4 nitrogen and oxygen atoms in total. The van der Waals surface area contributed by atoms with Gasteiger partial charge in [-0.2, -0.15) is 0 Å². The van der Waals surface area contributed by atoms with Crippen LogP contribution >= 0.6 is 0 Å². The number of hydrogen-bond donors (Lipinski definition) is 2. The minimum atomic E-state index is -0.430. The van der Waals surface area contributed by atoms with E-state index in [1.165, 1.54) is 6.07 Å². The molecule has 1 aromatic carbocycles. The van der Waals surface area contributed by atoms with E-state index in [1.807, 2.05) is 6.92 Å². The molecule has 0 aromatic heterocycles. The van der Waals surface area contributed by atoms with Crippen LogP contribution in [0.1, 0.15) is 33.1 Å². The van der Waals surface area contributed by atoms with E-state index in [0.717, 1.165) is 25.9 Å². The van der Waals surface area contributed by atoms with Crippen molar-refractivity contribution >= 4 is 11.4 Å². The largest absolute Gasteiger partial charge is 0.490 e. The zero-order valence-corrected chi connectivity index (χ0v) is 12.4. The van der Waals surface area contributed by atoms with Crippen molar-refractivity contribution in [3.63, 3.8) is 0 Å². The van der Waals surface area contributed by atoms with Crippen LogP contribution in [0.25, 0.3) is 0 Å². The highest BCUT2D eigenvalue weighted by Gasteiger charge is 2.08. The third-order valence-corrected chi connectivity index (χ3v) is 2.77. The second-order valence-electron chi connectivity index (χ2n) is 4.61. The van der Waals surface area contributed by atoms with Crippen LogP contribution in [0.5, 0.6) is 5.75 Å². The van der Waals surface area contributed by atoms with Gasteiger partial charge in [-0.1, -0.05) is 20.3 Å². The van der Waals surface area contributed by atoms with E-state index in [-0.39, 0.29) is 5.75 Å². The molecule has 0 fully saturated rings. The van der Waals surface area contributed by atoms with Gasteiger partial charge in [0.2, 0.25) is 0 Å². The average molecular weight is 284 g/mol. The molecule has 1 aromatic rings. The van der Waals surface area contributed by atoms with E-state index in [4.69, 9.17) is 15.2 Å². The maximum Gasteiger partial charge on any atom is 0.167 e. The molecule has 0 amide bonds. The Morgan fingerprint density at radius 3 is 2.65 bits per heavy atom. The quantitative estimate of drug-likeness (QED) is 0.510. The van der Waals surface area contributed by atoms with Crippen LogP contribution in [0, 0.1) is 5.82 Å². The Balaban J connectivity index is 2.47. The molecule has 0 aliphatic carbocycles. The fourth-order valence-electron chi connectivity index (χ4n) is 1.65. The number of nitrogens with one attached hydrogen (secondary N) is 1. The number of unbranched alkanes of at least 4 members (excludes halogenated alkanes) is 1. The fraction of sp³-hybridized carbons (Fsp3) is 0.600. The summed E-state index contributed by atoms with van der Waals surface area (Å²) in [4.78, 5) is 0. The lowest BCUT2D eigenvalue weighted by molar-refractivity contribution is 0.141. The Kier molecular flexibility index (Phi) is 7.80. The van der Waals surface area contributed by atoms with Crippen LogP contribution in [-0.4, -0.2) is 26.4 Å². The van der Waals surface area contributed by atoms with Gasteiger partial charge in [-0.05, 0) is 12.8 Å². The monoisotopic (exact) mass is 284 g/mol. The molecular formula is C15H25FN2O2. The number of nitrogens with two attached hydrogens (primary N) is 1. The minimum absolute atomic E-state index is 0.232. The molecule has 3 N–H and O–H groups in total. The molecule has 0 aliphatic heterocycles. The first-order chi connectivity index (χ1) is 9.69. The van der Waals surface area contributed by atoms with Crippen molar-refractivity contribution in [3.05, 3.63) is 17.9 Å². The lowest BCUT2D eigenvalue weighted by atomic mass is 10.2. The third kappa shape index (κ3) is 5.65. The molecule has 114 valence electrons. The Morgan fingerprint density at radius 2 is 1.95 bits per heavy atom. The number of ether oxygens (including phenoxy) is 2. The number of rotatable bonds is 10. The van der Waals surface area contributed by atoms with Crippen molar-refractivity contribution in [2.45, 2.75) is 33.1 Å². The summed E-state index contributed by atoms with van der Waals surface area (Å²) < 4.78 is 24.4. The summed E-state index contributed by atoms with van der Waals surface area (Å²) >= 11 is 0. The molecule has 0 radical (unpaired) electrons. The average Bonchev–Trinajstić information content (AvgIpc) is 2.43. The molecule has 5 heteroatoms. The van der Waals surface area contributed by atoms with E-state index in [0.29, 0.717) is 31.1 Å². The molecule has 0 saturated heterocycles. The summed E-state index contributed by atoms with van der Waals surface area (Å²) in [6.45, 7) is 6.58. The van der Waals surface area contributed by atoms with Gasteiger partial charge < -0.3 is 20.5 Å². The standard InChI is InChI=1S/C15H25FN2O2/c1-3-5-8-19-9-6-18-14-11-15(20-7-4-2)12(16)10-13(14)17/h10-11,18H,3-9,17H2,1-2H3. The van der Waals surface area contributed by atoms with Crippen LogP contribution in [-0.2, 0) is 4.74 Å². The zero-order chi connectivity index (χ0) is 14.8. The third-order valence-electron chi connectivity index (χ3n) is 2.77. The normalized spacial score (nSPS) is 10.6. The molecule has 0 unspecified atom stereocenters. The van der Waals surface area contributed by atoms with Crippen molar-refractivity contribution in [2.75, 3.05) is 37.4 Å². The fourth-order valence-corrected chi connectivity index (χ4v) is 1.65. The van der Waals surface area contributed by atoms with Crippen molar-refractivity contribution in [1.29, 1.82) is 0 Å². The predicted molar refractivity (Wildman–Crippen MR) is 80.8 cm³/mol. The molecule has 1 rings (SSSR count). The van der Waals surface area contributed by atoms with Gasteiger partial charge in [0.15, 0.2) is 11.6 Å². The molecule has 0 saturated carbocycles. The first kappa shape index (κ1) is 16.6. The van der Waals surface area contributed by atoms with Crippen LogP contribution in [0.15, 0.2) is 12.1 Å². The SMILES string of the molecule is CCCCOCCNc1cc(OCCC)c(F)cc1N. The van der Waals surface area contributed by atoms with Crippen molar-refractivity contribution in [1.82, 2.24) is 0 Å². The van der Waals surface area contributed by atoms with Crippen molar-refractivity contribution < 1.29 is 13.9 Å². The Hall–Kier alpha value is -1.49. The van der Waals surface area contributed by atoms with Crippen molar-refractivity contribution in [3.8, 4) is 5.75 Å². The lowest BCUT2D eigenvalue weighted by Crippen LogP contribution is -2.11. The maximum atomic E-state index is 13.6. The van der Waals surface area contributed by atoms with Crippen LogP contribution < -0.4 is 15.8 Å². The second-order valence-corrected chi connectivity index (χ2v) is 4.61. The summed E-state index contributed by atoms with van der Waals surface area (Å²) in [6.07, 6.45) is 3.02. The smallest absolute Gasteiger partial charge is 0.167 e. The molecule has 0 heterocycles. The highest BCUT2D eigenvalue weighted by atomic mass is 19.1. The number of nitrogen functional groups attached to an aromatic ring is 1. The Labute approximate surface area is 120 Å². The van der Waals surface area contributed by atoms with E-state index < -0.39 is 5.82 Å². The number of hydrogen-bond acceptors (Lipinski definition) is 4. The number of benzene rings is 1. The molecular weight excluding hydrogens is 259 g/mol. The molecule has 0 aliphatic rings. The topological polar surface area (TPSA) is 56.5 Å². The number of anilines is 2. The molecule has 0 bridgehead atoms. The van der Waals surface area contributed by atoms with Crippen LogP contribution in [0.3, 0.4) is 0 Å². The van der Waals surface area contributed by atoms with Gasteiger partial charge in [0.1, 0.15) is 0 Å². The first-order valence-electron chi connectivity index (χ1n) is 7.22. The summed E-state index contributed by atoms with van der Waals surface area (Å²) in [7, 11) is 0. The van der Waals surface area contributed by atoms with Gasteiger partial charge in [0, 0.05) is 25.3 Å². The Morgan fingerprint density at radius 1 is 1.15 bits per heavy atom. The summed E-state index contributed by atoms with van der Waals surface area (Å²) in [5, 5.41) is 3.14. The first-order valence-corrected chi connectivity index (χ1v) is 7.22. The van der Waals surface area contributed by atoms with Gasteiger partial charge in [-0.15, -0.1) is 0 Å². The maximum absolute atomic E-state index is 13.6. The molecule has 20 heavy (non-hydrogen) atoms. The summed E-state index contributed by atoms with van der Waals surface area (Å²) in [5.41, 5.74) is 6.83. The highest BCUT2D eigenvalue weighted by Crippen LogP contribution is 2.28. The van der Waals surface area contributed by atoms with Crippen LogP contribution in [0.2, 0.25) is 0 Å². The van der Waals surface area contributed by atoms with E-state index >= 15 is 0 Å². The van der Waals surface area contributed by atoms with E-state index in [9.17, 15) is 4.39 Å². The highest BCUT2D eigenvalue weighted by molar-refractivity contribution is 5.68.